The molecule has 0 atom stereocenters. The molecular formula is C16H14ClFN2O3. The number of carbonyl (C=O) groups excluding carboxylic acids is 2. The summed E-state index contributed by atoms with van der Waals surface area (Å²) in [4.78, 5) is 23.2. The van der Waals surface area contributed by atoms with E-state index in [1.54, 1.807) is 30.3 Å². The van der Waals surface area contributed by atoms with Gasteiger partial charge < -0.3 is 15.4 Å². The SMILES string of the molecule is O=C(COc1ccc(Cl)cc1)NCC(=O)Nc1cccc(F)c1. The van der Waals surface area contributed by atoms with E-state index in [9.17, 15) is 14.0 Å². The van der Waals surface area contributed by atoms with E-state index in [0.717, 1.165) is 0 Å². The summed E-state index contributed by atoms with van der Waals surface area (Å²) in [5, 5.41) is 5.44. The molecule has 0 radical (unpaired) electrons. The van der Waals surface area contributed by atoms with Gasteiger partial charge in [-0.25, -0.2) is 4.39 Å². The quantitative estimate of drug-likeness (QED) is 0.852. The van der Waals surface area contributed by atoms with Crippen molar-refractivity contribution in [2.24, 2.45) is 0 Å². The number of ether oxygens (including phenoxy) is 1. The van der Waals surface area contributed by atoms with Crippen molar-refractivity contribution in [3.8, 4) is 5.75 Å². The second-order valence-corrected chi connectivity index (χ2v) is 5.01. The Bertz CT molecular complexity index is 692. The number of halogens is 2. The number of rotatable bonds is 6. The van der Waals surface area contributed by atoms with Gasteiger partial charge in [0.15, 0.2) is 6.61 Å². The monoisotopic (exact) mass is 336 g/mol. The van der Waals surface area contributed by atoms with Gasteiger partial charge in [0.2, 0.25) is 5.91 Å². The molecule has 0 aromatic heterocycles. The van der Waals surface area contributed by atoms with Crippen molar-refractivity contribution in [3.05, 3.63) is 59.4 Å². The maximum Gasteiger partial charge on any atom is 0.258 e. The largest absolute Gasteiger partial charge is 0.484 e. The number of amides is 2. The Kier molecular flexibility index (Phi) is 5.94. The summed E-state index contributed by atoms with van der Waals surface area (Å²) in [7, 11) is 0. The van der Waals surface area contributed by atoms with Gasteiger partial charge in [-0.1, -0.05) is 17.7 Å². The highest BCUT2D eigenvalue weighted by Gasteiger charge is 2.07. The minimum absolute atomic E-state index is 0.227. The molecule has 0 bridgehead atoms. The zero-order valence-electron chi connectivity index (χ0n) is 12.0. The molecular weight excluding hydrogens is 323 g/mol. The number of benzene rings is 2. The van der Waals surface area contributed by atoms with E-state index in [0.29, 0.717) is 16.5 Å². The van der Waals surface area contributed by atoms with Gasteiger partial charge in [-0.15, -0.1) is 0 Å². The number of anilines is 1. The zero-order valence-corrected chi connectivity index (χ0v) is 12.8. The van der Waals surface area contributed by atoms with E-state index in [-0.39, 0.29) is 13.2 Å². The summed E-state index contributed by atoms with van der Waals surface area (Å²) in [5.41, 5.74) is 0.321. The third-order valence-corrected chi connectivity index (χ3v) is 2.99. The van der Waals surface area contributed by atoms with Crippen LogP contribution >= 0.6 is 11.6 Å². The Morgan fingerprint density at radius 1 is 1.09 bits per heavy atom. The van der Waals surface area contributed by atoms with Gasteiger partial charge in [-0.05, 0) is 42.5 Å². The number of hydrogen-bond acceptors (Lipinski definition) is 3. The van der Waals surface area contributed by atoms with Gasteiger partial charge in [-0.2, -0.15) is 0 Å². The molecule has 2 rings (SSSR count). The van der Waals surface area contributed by atoms with Crippen molar-refractivity contribution >= 4 is 29.1 Å². The first kappa shape index (κ1) is 16.8. The number of carbonyl (C=O) groups is 2. The molecule has 0 unspecified atom stereocenters. The van der Waals surface area contributed by atoms with Crippen LogP contribution in [0.4, 0.5) is 10.1 Å². The van der Waals surface area contributed by atoms with Crippen molar-refractivity contribution in [1.82, 2.24) is 5.32 Å². The van der Waals surface area contributed by atoms with Crippen LogP contribution in [0, 0.1) is 5.82 Å². The average Bonchev–Trinajstić information content (AvgIpc) is 2.52. The maximum atomic E-state index is 13.0. The predicted octanol–water partition coefficient (Wildman–Crippen LogP) is 2.61. The maximum absolute atomic E-state index is 13.0. The Hall–Kier alpha value is -2.60. The van der Waals surface area contributed by atoms with Crippen LogP contribution in [-0.2, 0) is 9.59 Å². The normalized spacial score (nSPS) is 10.0. The molecule has 0 heterocycles. The molecule has 2 aromatic carbocycles. The Labute approximate surface area is 137 Å². The Balaban J connectivity index is 1.71. The molecule has 0 aliphatic rings. The van der Waals surface area contributed by atoms with E-state index in [1.807, 2.05) is 0 Å². The molecule has 0 fully saturated rings. The van der Waals surface area contributed by atoms with Crippen LogP contribution in [0.2, 0.25) is 5.02 Å². The van der Waals surface area contributed by atoms with Crippen molar-refractivity contribution in [1.29, 1.82) is 0 Å². The first-order valence-electron chi connectivity index (χ1n) is 6.73. The van der Waals surface area contributed by atoms with E-state index < -0.39 is 17.6 Å². The standard InChI is InChI=1S/C16H14ClFN2O3/c17-11-4-6-14(7-5-11)23-10-16(22)19-9-15(21)20-13-3-1-2-12(18)8-13/h1-8H,9-10H2,(H,19,22)(H,20,21). The van der Waals surface area contributed by atoms with Crippen molar-refractivity contribution < 1.29 is 18.7 Å². The van der Waals surface area contributed by atoms with Crippen molar-refractivity contribution in [2.75, 3.05) is 18.5 Å². The van der Waals surface area contributed by atoms with Crippen LogP contribution in [0.25, 0.3) is 0 Å². The lowest BCUT2D eigenvalue weighted by atomic mass is 10.3. The molecule has 0 saturated heterocycles. The highest BCUT2D eigenvalue weighted by Crippen LogP contribution is 2.15. The first-order valence-corrected chi connectivity index (χ1v) is 7.11. The summed E-state index contributed by atoms with van der Waals surface area (Å²) in [5.74, 6) is -0.873. The van der Waals surface area contributed by atoms with Crippen molar-refractivity contribution in [2.45, 2.75) is 0 Å². The van der Waals surface area contributed by atoms with Crippen LogP contribution in [-0.4, -0.2) is 25.0 Å². The third-order valence-electron chi connectivity index (χ3n) is 2.74. The van der Waals surface area contributed by atoms with Gasteiger partial charge in [0.1, 0.15) is 11.6 Å². The molecule has 2 N–H and O–H groups in total. The lowest BCUT2D eigenvalue weighted by Gasteiger charge is -2.08. The average molecular weight is 337 g/mol. The van der Waals surface area contributed by atoms with Crippen LogP contribution in [0.3, 0.4) is 0 Å². The van der Waals surface area contributed by atoms with E-state index in [4.69, 9.17) is 16.3 Å². The zero-order chi connectivity index (χ0) is 16.7. The molecule has 2 aromatic rings. The van der Waals surface area contributed by atoms with Crippen LogP contribution < -0.4 is 15.4 Å². The summed E-state index contributed by atoms with van der Waals surface area (Å²) in [6.07, 6.45) is 0. The highest BCUT2D eigenvalue weighted by molar-refractivity contribution is 6.30. The molecule has 5 nitrogen and oxygen atoms in total. The fourth-order valence-electron chi connectivity index (χ4n) is 1.68. The van der Waals surface area contributed by atoms with E-state index >= 15 is 0 Å². The molecule has 120 valence electrons. The summed E-state index contributed by atoms with van der Waals surface area (Å²) in [6, 6.07) is 12.0. The van der Waals surface area contributed by atoms with Gasteiger partial charge in [0, 0.05) is 10.7 Å². The predicted molar refractivity (Wildman–Crippen MR) is 85.0 cm³/mol. The highest BCUT2D eigenvalue weighted by atomic mass is 35.5. The lowest BCUT2D eigenvalue weighted by Crippen LogP contribution is -2.35. The molecule has 0 aliphatic carbocycles. The molecule has 2 amide bonds. The number of nitrogens with one attached hydrogen (secondary N) is 2. The summed E-state index contributed by atoms with van der Waals surface area (Å²) in [6.45, 7) is -0.464. The Morgan fingerprint density at radius 2 is 1.83 bits per heavy atom. The van der Waals surface area contributed by atoms with Crippen molar-refractivity contribution in [3.63, 3.8) is 0 Å². The summed E-state index contributed by atoms with van der Waals surface area (Å²) < 4.78 is 18.2. The molecule has 0 saturated carbocycles. The Morgan fingerprint density at radius 3 is 2.52 bits per heavy atom. The fourth-order valence-corrected chi connectivity index (χ4v) is 1.81. The van der Waals surface area contributed by atoms with Gasteiger partial charge >= 0.3 is 0 Å². The van der Waals surface area contributed by atoms with E-state index in [2.05, 4.69) is 10.6 Å². The van der Waals surface area contributed by atoms with Gasteiger partial charge in [0.25, 0.3) is 5.91 Å². The van der Waals surface area contributed by atoms with Gasteiger partial charge in [-0.3, -0.25) is 9.59 Å². The fraction of sp³-hybridized carbons (Fsp3) is 0.125. The smallest absolute Gasteiger partial charge is 0.258 e. The minimum atomic E-state index is -0.463. The van der Waals surface area contributed by atoms with Crippen LogP contribution in [0.1, 0.15) is 0 Å². The molecule has 7 heteroatoms. The number of hydrogen-bond donors (Lipinski definition) is 2. The third kappa shape index (κ3) is 5.96. The molecule has 0 aliphatic heterocycles. The first-order chi connectivity index (χ1) is 11.0. The molecule has 23 heavy (non-hydrogen) atoms. The lowest BCUT2D eigenvalue weighted by molar-refractivity contribution is -0.125. The van der Waals surface area contributed by atoms with E-state index in [1.165, 1.54) is 18.2 Å². The van der Waals surface area contributed by atoms with Crippen LogP contribution in [0.5, 0.6) is 5.75 Å². The second-order valence-electron chi connectivity index (χ2n) is 4.58. The topological polar surface area (TPSA) is 67.4 Å². The summed E-state index contributed by atoms with van der Waals surface area (Å²) >= 11 is 5.73. The molecule has 0 spiro atoms. The minimum Gasteiger partial charge on any atom is -0.484 e. The second kappa shape index (κ2) is 8.14. The van der Waals surface area contributed by atoms with Crippen LogP contribution in [0.15, 0.2) is 48.5 Å². The van der Waals surface area contributed by atoms with Gasteiger partial charge in [0.05, 0.1) is 6.54 Å².